The van der Waals surface area contributed by atoms with Crippen molar-refractivity contribution in [2.45, 2.75) is 12.5 Å². The minimum Gasteiger partial charge on any atom is -0.508 e. The van der Waals surface area contributed by atoms with Crippen LogP contribution < -0.4 is 20.8 Å². The third-order valence-corrected chi connectivity index (χ3v) is 3.87. The van der Waals surface area contributed by atoms with Crippen LogP contribution in [0.2, 0.25) is 0 Å². The van der Waals surface area contributed by atoms with Crippen LogP contribution in [0, 0.1) is 0 Å². The number of amides is 2. The lowest BCUT2D eigenvalue weighted by molar-refractivity contribution is -0.123. The van der Waals surface area contributed by atoms with Gasteiger partial charge in [-0.25, -0.2) is 10.4 Å². The molecule has 28 heavy (non-hydrogen) atoms. The minimum atomic E-state index is -0.846. The third-order valence-electron chi connectivity index (χ3n) is 3.87. The highest BCUT2D eigenvalue weighted by Gasteiger charge is 2.28. The van der Waals surface area contributed by atoms with Crippen LogP contribution in [0.25, 0.3) is 0 Å². The van der Waals surface area contributed by atoms with Crippen molar-refractivity contribution in [3.63, 3.8) is 0 Å². The number of hydrazone groups is 1. The number of phenolic OH excluding ortho intramolecular Hbond substituents is 1. The van der Waals surface area contributed by atoms with Crippen molar-refractivity contribution in [3.05, 3.63) is 54.1 Å². The van der Waals surface area contributed by atoms with Gasteiger partial charge in [0, 0.05) is 0 Å². The van der Waals surface area contributed by atoms with Crippen LogP contribution >= 0.6 is 0 Å². The summed E-state index contributed by atoms with van der Waals surface area (Å²) >= 11 is 0. The molecule has 1 atom stereocenters. The van der Waals surface area contributed by atoms with Crippen molar-refractivity contribution in [3.8, 4) is 11.5 Å². The molecule has 2 aromatic carbocycles. The van der Waals surface area contributed by atoms with E-state index in [2.05, 4.69) is 26.2 Å². The highest BCUT2D eigenvalue weighted by atomic mass is 16.5. The summed E-state index contributed by atoms with van der Waals surface area (Å²) in [7, 11) is 1.51. The molecule has 0 saturated carbocycles. The maximum absolute atomic E-state index is 12.2. The number of nitrogens with one attached hydrogen (secondary N) is 3. The monoisotopic (exact) mass is 381 g/mol. The molecule has 3 rings (SSSR count). The van der Waals surface area contributed by atoms with E-state index in [0.29, 0.717) is 11.4 Å². The van der Waals surface area contributed by atoms with Gasteiger partial charge >= 0.3 is 0 Å². The SMILES string of the molecule is COc1ccccc1NC(=O)CC1N=C(N/N=C/c2ccc(O)cc2)NC1=O. The van der Waals surface area contributed by atoms with Crippen molar-refractivity contribution < 1.29 is 19.4 Å². The van der Waals surface area contributed by atoms with Crippen molar-refractivity contribution >= 4 is 29.7 Å². The number of nitrogens with zero attached hydrogens (tertiary/aromatic N) is 2. The van der Waals surface area contributed by atoms with E-state index in [-0.39, 0.29) is 24.0 Å². The fourth-order valence-corrected chi connectivity index (χ4v) is 2.49. The molecule has 4 N–H and O–H groups in total. The van der Waals surface area contributed by atoms with Gasteiger partial charge in [0.15, 0.2) is 0 Å². The van der Waals surface area contributed by atoms with Gasteiger partial charge in [-0.15, -0.1) is 0 Å². The molecular formula is C19H19N5O4. The lowest BCUT2D eigenvalue weighted by atomic mass is 10.2. The topological polar surface area (TPSA) is 124 Å². The van der Waals surface area contributed by atoms with Gasteiger partial charge in [-0.05, 0) is 42.0 Å². The predicted molar refractivity (Wildman–Crippen MR) is 104 cm³/mol. The minimum absolute atomic E-state index is 0.114. The van der Waals surface area contributed by atoms with E-state index in [1.807, 2.05) is 0 Å². The Balaban J connectivity index is 1.55. The van der Waals surface area contributed by atoms with E-state index >= 15 is 0 Å². The number of ether oxygens (including phenoxy) is 1. The number of aromatic hydroxyl groups is 1. The Bertz CT molecular complexity index is 924. The largest absolute Gasteiger partial charge is 0.508 e. The van der Waals surface area contributed by atoms with Gasteiger partial charge in [-0.1, -0.05) is 12.1 Å². The van der Waals surface area contributed by atoms with E-state index < -0.39 is 11.9 Å². The Morgan fingerprint density at radius 1 is 1.29 bits per heavy atom. The molecule has 0 aromatic heterocycles. The molecule has 9 heteroatoms. The second-order valence-corrected chi connectivity index (χ2v) is 5.90. The quantitative estimate of drug-likeness (QED) is 0.442. The van der Waals surface area contributed by atoms with Gasteiger partial charge in [0.1, 0.15) is 17.5 Å². The molecule has 1 aliphatic heterocycles. The number of methoxy groups -OCH3 is 1. The average Bonchev–Trinajstić information content (AvgIpc) is 3.03. The fourth-order valence-electron chi connectivity index (χ4n) is 2.49. The molecule has 0 fully saturated rings. The van der Waals surface area contributed by atoms with E-state index in [4.69, 9.17) is 4.74 Å². The van der Waals surface area contributed by atoms with Crippen LogP contribution in [-0.2, 0) is 9.59 Å². The molecule has 1 unspecified atom stereocenters. The summed E-state index contributed by atoms with van der Waals surface area (Å²) in [6.07, 6.45) is 1.40. The van der Waals surface area contributed by atoms with Gasteiger partial charge in [0.2, 0.25) is 11.9 Å². The van der Waals surface area contributed by atoms with Crippen LogP contribution in [0.3, 0.4) is 0 Å². The zero-order valence-electron chi connectivity index (χ0n) is 15.0. The molecule has 0 saturated heterocycles. The van der Waals surface area contributed by atoms with E-state index in [1.165, 1.54) is 25.5 Å². The number of guanidine groups is 1. The van der Waals surface area contributed by atoms with Crippen LogP contribution in [-0.4, -0.2) is 42.2 Å². The normalized spacial score (nSPS) is 15.8. The van der Waals surface area contributed by atoms with Crippen molar-refractivity contribution in [1.29, 1.82) is 0 Å². The zero-order valence-corrected chi connectivity index (χ0v) is 15.0. The summed E-state index contributed by atoms with van der Waals surface area (Å²) in [5, 5.41) is 18.5. The number of carbonyl (C=O) groups excluding carboxylic acids is 2. The standard InChI is InChI=1S/C19H19N5O4/c1-28-16-5-3-2-4-14(16)21-17(26)10-15-18(27)23-19(22-15)24-20-11-12-6-8-13(25)9-7-12/h2-9,11,15,25H,10H2,1H3,(H,21,26)(H2,22,23,24,27)/b20-11+. The molecule has 2 aromatic rings. The summed E-state index contributed by atoms with van der Waals surface area (Å²) in [4.78, 5) is 28.4. The Morgan fingerprint density at radius 2 is 2.04 bits per heavy atom. The second-order valence-electron chi connectivity index (χ2n) is 5.90. The summed E-state index contributed by atoms with van der Waals surface area (Å²) < 4.78 is 5.18. The number of benzene rings is 2. The molecule has 1 aliphatic rings. The van der Waals surface area contributed by atoms with Crippen LogP contribution in [0.15, 0.2) is 58.6 Å². The average molecular weight is 381 g/mol. The van der Waals surface area contributed by atoms with Gasteiger partial charge < -0.3 is 15.2 Å². The molecule has 0 aliphatic carbocycles. The number of rotatable bonds is 6. The Kier molecular flexibility index (Phi) is 5.85. The third kappa shape index (κ3) is 4.85. The van der Waals surface area contributed by atoms with Crippen LogP contribution in [0.1, 0.15) is 12.0 Å². The number of hydrogen-bond acceptors (Lipinski definition) is 7. The lowest BCUT2D eigenvalue weighted by Gasteiger charge is -2.10. The Morgan fingerprint density at radius 3 is 2.79 bits per heavy atom. The number of aliphatic imine (C=N–C) groups is 1. The van der Waals surface area contributed by atoms with Gasteiger partial charge in [0.05, 0.1) is 25.4 Å². The van der Waals surface area contributed by atoms with Gasteiger partial charge in [-0.2, -0.15) is 5.10 Å². The molecule has 2 amide bonds. The molecule has 1 heterocycles. The molecule has 0 spiro atoms. The van der Waals surface area contributed by atoms with Gasteiger partial charge in [0.25, 0.3) is 5.91 Å². The number of phenols is 1. The number of carbonyl (C=O) groups is 2. The Labute approximate surface area is 161 Å². The van der Waals surface area contributed by atoms with Crippen LogP contribution in [0.4, 0.5) is 5.69 Å². The molecular weight excluding hydrogens is 362 g/mol. The summed E-state index contributed by atoms with van der Waals surface area (Å²) in [5.74, 6) is 0.0998. The van der Waals surface area contributed by atoms with Crippen molar-refractivity contribution in [1.82, 2.24) is 10.7 Å². The van der Waals surface area contributed by atoms with Crippen molar-refractivity contribution in [2.24, 2.45) is 10.1 Å². The highest BCUT2D eigenvalue weighted by molar-refractivity contribution is 6.07. The number of hydrogen-bond donors (Lipinski definition) is 4. The van der Waals surface area contributed by atoms with E-state index in [0.717, 1.165) is 5.56 Å². The van der Waals surface area contributed by atoms with Gasteiger partial charge in [-0.3, -0.25) is 14.9 Å². The summed E-state index contributed by atoms with van der Waals surface area (Å²) in [6.45, 7) is 0. The molecule has 0 bridgehead atoms. The van der Waals surface area contributed by atoms with Crippen molar-refractivity contribution in [2.75, 3.05) is 12.4 Å². The van der Waals surface area contributed by atoms with E-state index in [9.17, 15) is 14.7 Å². The maximum atomic E-state index is 12.2. The molecule has 9 nitrogen and oxygen atoms in total. The lowest BCUT2D eigenvalue weighted by Crippen LogP contribution is -2.35. The maximum Gasteiger partial charge on any atom is 0.252 e. The second kappa shape index (κ2) is 8.67. The Hall–Kier alpha value is -3.88. The smallest absolute Gasteiger partial charge is 0.252 e. The summed E-state index contributed by atoms with van der Waals surface area (Å²) in [6, 6.07) is 12.6. The first-order valence-corrected chi connectivity index (χ1v) is 8.45. The highest BCUT2D eigenvalue weighted by Crippen LogP contribution is 2.23. The molecule has 0 radical (unpaired) electrons. The summed E-state index contributed by atoms with van der Waals surface area (Å²) in [5.41, 5.74) is 3.89. The molecule has 144 valence electrons. The van der Waals surface area contributed by atoms with Crippen LogP contribution in [0.5, 0.6) is 11.5 Å². The predicted octanol–water partition coefficient (Wildman–Crippen LogP) is 1.21. The number of anilines is 1. The fraction of sp³-hybridized carbons (Fsp3) is 0.158. The zero-order chi connectivity index (χ0) is 19.9. The first kappa shape index (κ1) is 18.9. The first-order chi connectivity index (χ1) is 13.5. The van der Waals surface area contributed by atoms with E-state index in [1.54, 1.807) is 36.4 Å². The first-order valence-electron chi connectivity index (χ1n) is 8.45. The number of para-hydroxylation sites is 2.